The largest absolute Gasteiger partial charge is 0.462 e. The van der Waals surface area contributed by atoms with Crippen LogP contribution in [0.5, 0.6) is 0 Å². The lowest BCUT2D eigenvalue weighted by molar-refractivity contribution is -0.167. The molecule has 0 saturated heterocycles. The molecule has 0 rings (SSSR count). The van der Waals surface area contributed by atoms with E-state index in [2.05, 4.69) is 34.6 Å². The highest BCUT2D eigenvalue weighted by atomic mass is 16.6. The number of ether oxygens (including phenoxy) is 3. The number of carbonyl (C=O) groups is 3. The summed E-state index contributed by atoms with van der Waals surface area (Å²) in [5, 5.41) is 0. The average molecular weight is 765 g/mol. The molecule has 6 heteroatoms. The molecule has 0 amide bonds. The van der Waals surface area contributed by atoms with Gasteiger partial charge in [0.25, 0.3) is 0 Å². The fourth-order valence-electron chi connectivity index (χ4n) is 7.11. The lowest BCUT2D eigenvalue weighted by Crippen LogP contribution is -2.30. The highest BCUT2D eigenvalue weighted by molar-refractivity contribution is 5.71. The van der Waals surface area contributed by atoms with Crippen LogP contribution in [0.1, 0.15) is 259 Å². The van der Waals surface area contributed by atoms with Gasteiger partial charge in [-0.3, -0.25) is 14.4 Å². The Kier molecular flexibility index (Phi) is 39.8. The maximum Gasteiger partial charge on any atom is 0.306 e. The van der Waals surface area contributed by atoms with Crippen LogP contribution in [-0.2, 0) is 28.6 Å². The fourth-order valence-corrected chi connectivity index (χ4v) is 7.11. The summed E-state index contributed by atoms with van der Waals surface area (Å²) >= 11 is 0. The van der Waals surface area contributed by atoms with Crippen LogP contribution in [-0.4, -0.2) is 37.2 Å². The zero-order chi connectivity index (χ0) is 39.7. The first-order valence-corrected chi connectivity index (χ1v) is 23.7. The summed E-state index contributed by atoms with van der Waals surface area (Å²) in [5.74, 6) is 0.657. The number of rotatable bonds is 42. The van der Waals surface area contributed by atoms with Crippen molar-refractivity contribution in [3.63, 3.8) is 0 Å². The highest BCUT2D eigenvalue weighted by Crippen LogP contribution is 2.17. The number of esters is 3. The molecular formula is C48H92O6. The quantitative estimate of drug-likeness (QED) is 0.0350. The van der Waals surface area contributed by atoms with Gasteiger partial charge >= 0.3 is 17.9 Å². The van der Waals surface area contributed by atoms with Crippen LogP contribution in [0.25, 0.3) is 0 Å². The summed E-state index contributed by atoms with van der Waals surface area (Å²) in [4.78, 5) is 37.6. The predicted octanol–water partition coefficient (Wildman–Crippen LogP) is 15.0. The monoisotopic (exact) mass is 765 g/mol. The standard InChI is InChI=1S/C48H92O6/c1-6-7-8-9-10-11-12-13-14-15-16-17-18-19-20-21-28-33-38-46(49)52-41-45(54-48(51)40-35-30-25-23-27-32-37-44(4)5)42-53-47(50)39-34-29-24-22-26-31-36-43(2)3/h43-45H,6-42H2,1-5H3/t45-/m1/s1. The smallest absolute Gasteiger partial charge is 0.306 e. The van der Waals surface area contributed by atoms with Crippen LogP contribution in [0.2, 0.25) is 0 Å². The maximum absolute atomic E-state index is 12.7. The van der Waals surface area contributed by atoms with Crippen LogP contribution in [0, 0.1) is 11.8 Å². The van der Waals surface area contributed by atoms with Crippen LogP contribution >= 0.6 is 0 Å². The second kappa shape index (κ2) is 41.1. The third-order valence-electron chi connectivity index (χ3n) is 10.7. The summed E-state index contributed by atoms with van der Waals surface area (Å²) in [6.07, 6.45) is 39.8. The van der Waals surface area contributed by atoms with Crippen molar-refractivity contribution < 1.29 is 28.6 Å². The topological polar surface area (TPSA) is 78.9 Å². The third-order valence-corrected chi connectivity index (χ3v) is 10.7. The van der Waals surface area contributed by atoms with E-state index in [1.165, 1.54) is 148 Å². The molecule has 0 aromatic rings. The summed E-state index contributed by atoms with van der Waals surface area (Å²) < 4.78 is 16.7. The van der Waals surface area contributed by atoms with Crippen molar-refractivity contribution in [1.29, 1.82) is 0 Å². The Balaban J connectivity index is 4.20. The summed E-state index contributed by atoms with van der Waals surface area (Å²) in [7, 11) is 0. The second-order valence-electron chi connectivity index (χ2n) is 17.3. The normalized spacial score (nSPS) is 12.1. The molecule has 0 radical (unpaired) electrons. The van der Waals surface area contributed by atoms with Gasteiger partial charge in [0.05, 0.1) is 0 Å². The van der Waals surface area contributed by atoms with Crippen molar-refractivity contribution in [1.82, 2.24) is 0 Å². The van der Waals surface area contributed by atoms with Crippen molar-refractivity contribution in [2.45, 2.75) is 265 Å². The lowest BCUT2D eigenvalue weighted by Gasteiger charge is -2.18. The van der Waals surface area contributed by atoms with Crippen LogP contribution in [0.4, 0.5) is 0 Å². The maximum atomic E-state index is 12.7. The minimum atomic E-state index is -0.761. The Bertz CT molecular complexity index is 824. The van der Waals surface area contributed by atoms with E-state index >= 15 is 0 Å². The van der Waals surface area contributed by atoms with E-state index < -0.39 is 6.10 Å². The van der Waals surface area contributed by atoms with Gasteiger partial charge in [-0.15, -0.1) is 0 Å². The van der Waals surface area contributed by atoms with E-state index in [4.69, 9.17) is 14.2 Å². The van der Waals surface area contributed by atoms with Crippen LogP contribution in [0.3, 0.4) is 0 Å². The first-order valence-electron chi connectivity index (χ1n) is 23.7. The van der Waals surface area contributed by atoms with Gasteiger partial charge in [-0.05, 0) is 31.1 Å². The molecule has 0 fully saturated rings. The molecule has 6 nitrogen and oxygen atoms in total. The molecule has 320 valence electrons. The zero-order valence-corrected chi connectivity index (χ0v) is 36.8. The van der Waals surface area contributed by atoms with Crippen molar-refractivity contribution in [2.75, 3.05) is 13.2 Å². The SMILES string of the molecule is CCCCCCCCCCCCCCCCCCCCC(=O)OC[C@H](COC(=O)CCCCCCCCC(C)C)OC(=O)CCCCCCCCC(C)C. The molecule has 1 atom stereocenters. The van der Waals surface area contributed by atoms with E-state index in [1.807, 2.05) is 0 Å². The molecular weight excluding hydrogens is 673 g/mol. The molecule has 0 bridgehead atoms. The molecule has 0 aromatic carbocycles. The lowest BCUT2D eigenvalue weighted by atomic mass is 10.0. The minimum Gasteiger partial charge on any atom is -0.462 e. The number of hydrogen-bond donors (Lipinski definition) is 0. The van der Waals surface area contributed by atoms with Gasteiger partial charge in [0.2, 0.25) is 0 Å². The summed E-state index contributed by atoms with van der Waals surface area (Å²) in [5.41, 5.74) is 0. The van der Waals surface area contributed by atoms with Crippen molar-refractivity contribution in [3.8, 4) is 0 Å². The third kappa shape index (κ3) is 41.6. The Hall–Kier alpha value is -1.59. The van der Waals surface area contributed by atoms with E-state index in [9.17, 15) is 14.4 Å². The Morgan fingerprint density at radius 1 is 0.352 bits per heavy atom. The van der Waals surface area contributed by atoms with Crippen molar-refractivity contribution >= 4 is 17.9 Å². The van der Waals surface area contributed by atoms with Crippen LogP contribution < -0.4 is 0 Å². The molecule has 0 aliphatic carbocycles. The van der Waals surface area contributed by atoms with Crippen molar-refractivity contribution in [2.24, 2.45) is 11.8 Å². The molecule has 0 aliphatic heterocycles. The molecule has 0 unspecified atom stereocenters. The molecule has 54 heavy (non-hydrogen) atoms. The van der Waals surface area contributed by atoms with Gasteiger partial charge in [0.15, 0.2) is 6.10 Å². The molecule has 0 aliphatic rings. The van der Waals surface area contributed by atoms with E-state index in [0.29, 0.717) is 19.3 Å². The molecule has 0 N–H and O–H groups in total. The second-order valence-corrected chi connectivity index (χ2v) is 17.3. The first kappa shape index (κ1) is 52.4. The highest BCUT2D eigenvalue weighted by Gasteiger charge is 2.19. The van der Waals surface area contributed by atoms with Crippen LogP contribution in [0.15, 0.2) is 0 Å². The molecule has 0 heterocycles. The average Bonchev–Trinajstić information content (AvgIpc) is 3.14. The van der Waals surface area contributed by atoms with Gasteiger partial charge in [0.1, 0.15) is 13.2 Å². The Morgan fingerprint density at radius 3 is 0.907 bits per heavy atom. The van der Waals surface area contributed by atoms with Gasteiger partial charge in [-0.25, -0.2) is 0 Å². The fraction of sp³-hybridized carbons (Fsp3) is 0.938. The minimum absolute atomic E-state index is 0.0663. The summed E-state index contributed by atoms with van der Waals surface area (Å²) in [6, 6.07) is 0. The Labute approximate surface area is 336 Å². The van der Waals surface area contributed by atoms with Gasteiger partial charge in [0, 0.05) is 19.3 Å². The van der Waals surface area contributed by atoms with Crippen molar-refractivity contribution in [3.05, 3.63) is 0 Å². The van der Waals surface area contributed by atoms with E-state index in [0.717, 1.165) is 69.6 Å². The van der Waals surface area contributed by atoms with Gasteiger partial charge in [-0.2, -0.15) is 0 Å². The predicted molar refractivity (Wildman–Crippen MR) is 229 cm³/mol. The van der Waals surface area contributed by atoms with Gasteiger partial charge < -0.3 is 14.2 Å². The van der Waals surface area contributed by atoms with E-state index in [-0.39, 0.29) is 31.1 Å². The number of hydrogen-bond acceptors (Lipinski definition) is 6. The number of unbranched alkanes of at least 4 members (excludes halogenated alkanes) is 27. The first-order chi connectivity index (χ1) is 26.2. The molecule has 0 spiro atoms. The van der Waals surface area contributed by atoms with E-state index in [1.54, 1.807) is 0 Å². The molecule has 0 saturated carbocycles. The van der Waals surface area contributed by atoms with Gasteiger partial charge in [-0.1, -0.05) is 221 Å². The summed E-state index contributed by atoms with van der Waals surface area (Å²) in [6.45, 7) is 11.2. The number of carbonyl (C=O) groups excluding carboxylic acids is 3. The Morgan fingerprint density at radius 2 is 0.611 bits per heavy atom. The zero-order valence-electron chi connectivity index (χ0n) is 36.8. The molecule has 0 aromatic heterocycles.